The van der Waals surface area contributed by atoms with Gasteiger partial charge < -0.3 is 9.32 Å². The Labute approximate surface area is 319 Å². The Morgan fingerprint density at radius 1 is 0.473 bits per heavy atom. The summed E-state index contributed by atoms with van der Waals surface area (Å²) in [5, 5.41) is 7.31. The molecule has 0 amide bonds. The van der Waals surface area contributed by atoms with E-state index in [-0.39, 0.29) is 0 Å². The second-order valence-corrected chi connectivity index (χ2v) is 15.0. The molecule has 1 heterocycles. The first-order chi connectivity index (χ1) is 27.2. The van der Waals surface area contributed by atoms with Gasteiger partial charge in [0.25, 0.3) is 0 Å². The Kier molecular flexibility index (Phi) is 6.28. The average Bonchev–Trinajstić information content (AvgIpc) is 3.77. The predicted octanol–water partition coefficient (Wildman–Crippen LogP) is 14.3. The lowest BCUT2D eigenvalue weighted by Crippen LogP contribution is -2.33. The highest BCUT2D eigenvalue weighted by molar-refractivity contribution is 6.11. The largest absolute Gasteiger partial charge is 0.454 e. The zero-order valence-corrected chi connectivity index (χ0v) is 30.4. The first-order valence-electron chi connectivity index (χ1n) is 19.3. The third-order valence-corrected chi connectivity index (χ3v) is 12.4. The van der Waals surface area contributed by atoms with Gasteiger partial charge in [0.05, 0.1) is 11.1 Å². The van der Waals surface area contributed by atoms with Crippen molar-refractivity contribution < 1.29 is 4.42 Å². The van der Waals surface area contributed by atoms with Crippen molar-refractivity contribution in [3.63, 3.8) is 0 Å². The van der Waals surface area contributed by atoms with Crippen LogP contribution in [-0.2, 0) is 11.8 Å². The quantitative estimate of drug-likeness (QED) is 0.182. The van der Waals surface area contributed by atoms with Crippen LogP contribution in [-0.4, -0.2) is 0 Å². The molecule has 0 bridgehead atoms. The van der Waals surface area contributed by atoms with Crippen molar-refractivity contribution in [1.82, 2.24) is 0 Å². The zero-order valence-electron chi connectivity index (χ0n) is 30.4. The fraction of sp³-hybridized carbons (Fsp3) is 0.0566. The van der Waals surface area contributed by atoms with Crippen LogP contribution in [0.4, 0.5) is 17.1 Å². The third kappa shape index (κ3) is 4.03. The molecule has 0 N–H and O–H groups in total. The van der Waals surface area contributed by atoms with Crippen molar-refractivity contribution >= 4 is 60.5 Å². The molecular weight excluding hydrogens is 667 g/mol. The highest BCUT2D eigenvalue weighted by Crippen LogP contribution is 2.63. The van der Waals surface area contributed by atoms with Gasteiger partial charge >= 0.3 is 0 Å². The lowest BCUT2D eigenvalue weighted by molar-refractivity contribution is 0.669. The molecule has 1 aromatic heterocycles. The summed E-state index contributed by atoms with van der Waals surface area (Å²) in [5.41, 5.74) is 16.5. The standard InChI is InChI=1S/C53H35NO/c1-2-33-25-26-35-15-11-19-43-40-17-6-9-22-46(40)53(51(33)50(35)43)45-21-8-5-16-39(45)41-30-29-38(32-47(41)53)54(37-28-27-34-13-3-4-14-36(34)31-37)48-23-12-20-44-42-18-7-10-24-49(42)55-52(44)48/h3-32H,2H2,1H3. The van der Waals surface area contributed by atoms with Gasteiger partial charge in [-0.25, -0.2) is 0 Å². The second-order valence-electron chi connectivity index (χ2n) is 15.0. The van der Waals surface area contributed by atoms with Crippen molar-refractivity contribution in [2.75, 3.05) is 4.90 Å². The van der Waals surface area contributed by atoms with E-state index in [2.05, 4.69) is 188 Å². The van der Waals surface area contributed by atoms with E-state index in [4.69, 9.17) is 4.42 Å². The molecule has 55 heavy (non-hydrogen) atoms. The second kappa shape index (κ2) is 11.3. The lowest BCUT2D eigenvalue weighted by Gasteiger charge is -2.41. The van der Waals surface area contributed by atoms with Crippen LogP contribution >= 0.6 is 0 Å². The van der Waals surface area contributed by atoms with Crippen molar-refractivity contribution in [2.45, 2.75) is 18.8 Å². The molecule has 1 atom stereocenters. The van der Waals surface area contributed by atoms with E-state index in [9.17, 15) is 0 Å². The molecule has 0 saturated carbocycles. The molecule has 258 valence electrons. The number of furan rings is 1. The molecule has 9 aromatic carbocycles. The summed E-state index contributed by atoms with van der Waals surface area (Å²) < 4.78 is 6.76. The summed E-state index contributed by atoms with van der Waals surface area (Å²) in [7, 11) is 0. The van der Waals surface area contributed by atoms with Crippen LogP contribution in [0, 0.1) is 0 Å². The SMILES string of the molecule is CCc1ccc2cccc3c2c1C1(c2ccccc2-c2ccc(N(c4ccc5ccccc5c4)c4cccc5c4oc4ccccc45)cc21)c1ccccc1-3. The third-order valence-electron chi connectivity index (χ3n) is 12.4. The molecule has 2 aliphatic rings. The maximum absolute atomic E-state index is 6.76. The fourth-order valence-electron chi connectivity index (χ4n) is 10.2. The number of hydrogen-bond acceptors (Lipinski definition) is 2. The maximum atomic E-state index is 6.76. The molecule has 0 aliphatic heterocycles. The molecule has 2 aliphatic carbocycles. The minimum atomic E-state index is -0.516. The number of rotatable bonds is 4. The molecule has 10 aromatic rings. The van der Waals surface area contributed by atoms with Crippen LogP contribution in [0.5, 0.6) is 0 Å². The molecule has 0 fully saturated rings. The molecular formula is C53H35NO. The van der Waals surface area contributed by atoms with E-state index < -0.39 is 5.41 Å². The normalized spacial score (nSPS) is 15.1. The van der Waals surface area contributed by atoms with Crippen LogP contribution < -0.4 is 4.90 Å². The summed E-state index contributed by atoms with van der Waals surface area (Å²) in [6.45, 7) is 2.31. The summed E-state index contributed by atoms with van der Waals surface area (Å²) >= 11 is 0. The van der Waals surface area contributed by atoms with Crippen molar-refractivity contribution in [3.8, 4) is 22.3 Å². The first-order valence-corrected chi connectivity index (χ1v) is 19.3. The summed E-state index contributed by atoms with van der Waals surface area (Å²) in [6.07, 6.45) is 0.942. The van der Waals surface area contributed by atoms with Gasteiger partial charge in [0.15, 0.2) is 5.58 Å². The zero-order chi connectivity index (χ0) is 36.3. The number of fused-ring (bicyclic) bond motifs is 13. The van der Waals surface area contributed by atoms with Crippen LogP contribution in [0.3, 0.4) is 0 Å². The van der Waals surface area contributed by atoms with Gasteiger partial charge in [-0.05, 0) is 114 Å². The number of aryl methyl sites for hydroxylation is 1. The number of nitrogens with zero attached hydrogens (tertiary/aromatic N) is 1. The van der Waals surface area contributed by atoms with Gasteiger partial charge in [-0.1, -0.05) is 153 Å². The van der Waals surface area contributed by atoms with Crippen LogP contribution in [0.2, 0.25) is 0 Å². The van der Waals surface area contributed by atoms with E-state index in [0.29, 0.717) is 0 Å². The van der Waals surface area contributed by atoms with Crippen LogP contribution in [0.25, 0.3) is 65.7 Å². The lowest BCUT2D eigenvalue weighted by atomic mass is 9.60. The summed E-state index contributed by atoms with van der Waals surface area (Å²) in [4.78, 5) is 2.41. The van der Waals surface area contributed by atoms with E-state index in [1.807, 2.05) is 6.07 Å². The number of benzene rings is 9. The van der Waals surface area contributed by atoms with Gasteiger partial charge in [0.1, 0.15) is 5.58 Å². The van der Waals surface area contributed by atoms with Crippen molar-refractivity contribution in [1.29, 1.82) is 0 Å². The maximum Gasteiger partial charge on any atom is 0.159 e. The smallest absolute Gasteiger partial charge is 0.159 e. The Morgan fingerprint density at radius 3 is 1.95 bits per heavy atom. The van der Waals surface area contributed by atoms with Crippen molar-refractivity contribution in [2.24, 2.45) is 0 Å². The van der Waals surface area contributed by atoms with Gasteiger partial charge in [-0.15, -0.1) is 0 Å². The minimum Gasteiger partial charge on any atom is -0.454 e. The number of anilines is 3. The fourth-order valence-corrected chi connectivity index (χ4v) is 10.2. The van der Waals surface area contributed by atoms with Crippen LogP contribution in [0.15, 0.2) is 186 Å². The van der Waals surface area contributed by atoms with Gasteiger partial charge in [0, 0.05) is 22.1 Å². The number of hydrogen-bond donors (Lipinski definition) is 0. The van der Waals surface area contributed by atoms with E-state index in [0.717, 1.165) is 45.4 Å². The molecule has 1 unspecified atom stereocenters. The molecule has 0 radical (unpaired) electrons. The Hall–Kier alpha value is -6.90. The number of para-hydroxylation sites is 2. The minimum absolute atomic E-state index is 0.516. The highest BCUT2D eigenvalue weighted by atomic mass is 16.3. The molecule has 12 rings (SSSR count). The van der Waals surface area contributed by atoms with Crippen molar-refractivity contribution in [3.05, 3.63) is 210 Å². The topological polar surface area (TPSA) is 16.4 Å². The monoisotopic (exact) mass is 701 g/mol. The molecule has 2 heteroatoms. The van der Waals surface area contributed by atoms with E-state index in [1.165, 1.54) is 71.6 Å². The van der Waals surface area contributed by atoms with Gasteiger partial charge in [0.2, 0.25) is 0 Å². The molecule has 2 nitrogen and oxygen atoms in total. The molecule has 1 spiro atoms. The van der Waals surface area contributed by atoms with Crippen LogP contribution in [0.1, 0.15) is 34.7 Å². The average molecular weight is 702 g/mol. The predicted molar refractivity (Wildman–Crippen MR) is 229 cm³/mol. The first kappa shape index (κ1) is 30.6. The molecule has 0 saturated heterocycles. The van der Waals surface area contributed by atoms with E-state index >= 15 is 0 Å². The Morgan fingerprint density at radius 2 is 1.09 bits per heavy atom. The summed E-state index contributed by atoms with van der Waals surface area (Å²) in [6, 6.07) is 67.4. The summed E-state index contributed by atoms with van der Waals surface area (Å²) in [5.74, 6) is 0. The van der Waals surface area contributed by atoms with Gasteiger partial charge in [-0.3, -0.25) is 0 Å². The van der Waals surface area contributed by atoms with Gasteiger partial charge in [-0.2, -0.15) is 0 Å². The Balaban J connectivity index is 1.21. The Bertz CT molecular complexity index is 3220. The highest BCUT2D eigenvalue weighted by Gasteiger charge is 2.51. The van der Waals surface area contributed by atoms with E-state index in [1.54, 1.807) is 0 Å².